The minimum Gasteiger partial charge on any atom is -0.301 e. The van der Waals surface area contributed by atoms with Gasteiger partial charge < -0.3 is 5.32 Å². The summed E-state index contributed by atoms with van der Waals surface area (Å²) in [4.78, 5) is 0. The summed E-state index contributed by atoms with van der Waals surface area (Å²) in [5, 5.41) is 4.69. The molecule has 1 aromatic carbocycles. The third-order valence-electron chi connectivity index (χ3n) is 1.89. The molecule has 1 saturated heterocycles. The second-order valence-corrected chi connectivity index (χ2v) is 4.41. The molecule has 3 heteroatoms. The lowest BCUT2D eigenvalue weighted by Crippen LogP contribution is -2.11. The van der Waals surface area contributed by atoms with E-state index >= 15 is 0 Å². The number of nitrogens with one attached hydrogen (secondary N) is 1. The second kappa shape index (κ2) is 3.69. The van der Waals surface area contributed by atoms with E-state index in [1.165, 1.54) is 11.3 Å². The second-order valence-electron chi connectivity index (χ2n) is 2.76. The van der Waals surface area contributed by atoms with Crippen LogP contribution in [0.3, 0.4) is 0 Å². The van der Waals surface area contributed by atoms with Gasteiger partial charge in [-0.15, -0.1) is 11.8 Å². The summed E-state index contributed by atoms with van der Waals surface area (Å²) < 4.78 is 0. The molecule has 0 aromatic heterocycles. The van der Waals surface area contributed by atoms with Crippen LogP contribution in [0.4, 0.5) is 0 Å². The predicted octanol–water partition coefficient (Wildman–Crippen LogP) is 2.68. The molecule has 1 heterocycles. The molecule has 1 aliphatic rings. The molecule has 0 aliphatic carbocycles. The maximum Gasteiger partial charge on any atom is 0.0790 e. The Balaban J connectivity index is 2.17. The monoisotopic (exact) mass is 199 g/mol. The number of halogens is 1. The van der Waals surface area contributed by atoms with E-state index in [4.69, 9.17) is 11.6 Å². The van der Waals surface area contributed by atoms with Gasteiger partial charge in [-0.05, 0) is 17.7 Å². The third kappa shape index (κ3) is 1.76. The van der Waals surface area contributed by atoms with Gasteiger partial charge in [0.05, 0.1) is 5.37 Å². The van der Waals surface area contributed by atoms with Gasteiger partial charge in [0.2, 0.25) is 0 Å². The lowest BCUT2D eigenvalue weighted by Gasteiger charge is -2.08. The molecule has 1 aromatic rings. The van der Waals surface area contributed by atoms with Gasteiger partial charge in [0, 0.05) is 17.3 Å². The molecular formula is C9H10ClNS. The normalized spacial score (nSPS) is 22.9. The highest BCUT2D eigenvalue weighted by atomic mass is 35.5. The van der Waals surface area contributed by atoms with E-state index in [0.717, 1.165) is 11.6 Å². The fraction of sp³-hybridized carbons (Fsp3) is 0.333. The quantitative estimate of drug-likeness (QED) is 0.747. The molecule has 1 N–H and O–H groups in total. The highest BCUT2D eigenvalue weighted by molar-refractivity contribution is 7.99. The Morgan fingerprint density at radius 2 is 2.08 bits per heavy atom. The first-order valence-corrected chi connectivity index (χ1v) is 5.39. The maximum absolute atomic E-state index is 5.79. The van der Waals surface area contributed by atoms with E-state index in [1.807, 2.05) is 23.9 Å². The van der Waals surface area contributed by atoms with Crippen LogP contribution in [-0.4, -0.2) is 12.3 Å². The zero-order valence-corrected chi connectivity index (χ0v) is 8.16. The van der Waals surface area contributed by atoms with Crippen molar-refractivity contribution in [3.63, 3.8) is 0 Å². The lowest BCUT2D eigenvalue weighted by molar-refractivity contribution is 0.751. The maximum atomic E-state index is 5.79. The Kier molecular flexibility index (Phi) is 2.59. The van der Waals surface area contributed by atoms with Crippen molar-refractivity contribution < 1.29 is 0 Å². The molecule has 0 radical (unpaired) electrons. The van der Waals surface area contributed by atoms with Crippen LogP contribution in [0.2, 0.25) is 5.02 Å². The molecular weight excluding hydrogens is 190 g/mol. The lowest BCUT2D eigenvalue weighted by atomic mass is 10.2. The smallest absolute Gasteiger partial charge is 0.0790 e. The van der Waals surface area contributed by atoms with E-state index < -0.39 is 0 Å². The van der Waals surface area contributed by atoms with Crippen LogP contribution in [0, 0.1) is 0 Å². The number of benzene rings is 1. The van der Waals surface area contributed by atoms with Crippen LogP contribution in [0.5, 0.6) is 0 Å². The van der Waals surface area contributed by atoms with Gasteiger partial charge in [0.15, 0.2) is 0 Å². The molecule has 1 aliphatic heterocycles. The Labute approximate surface area is 81.5 Å². The number of rotatable bonds is 1. The zero-order chi connectivity index (χ0) is 8.39. The summed E-state index contributed by atoms with van der Waals surface area (Å²) >= 11 is 7.74. The van der Waals surface area contributed by atoms with Gasteiger partial charge in [-0.3, -0.25) is 0 Å². The molecule has 1 nitrogen and oxygen atoms in total. The van der Waals surface area contributed by atoms with Crippen LogP contribution < -0.4 is 5.32 Å². The summed E-state index contributed by atoms with van der Waals surface area (Å²) in [7, 11) is 0. The van der Waals surface area contributed by atoms with Crippen molar-refractivity contribution in [1.82, 2.24) is 5.32 Å². The topological polar surface area (TPSA) is 12.0 Å². The van der Waals surface area contributed by atoms with Crippen molar-refractivity contribution in [2.75, 3.05) is 12.3 Å². The summed E-state index contributed by atoms with van der Waals surface area (Å²) in [5.74, 6) is 1.20. The van der Waals surface area contributed by atoms with Gasteiger partial charge >= 0.3 is 0 Å². The number of hydrogen-bond donors (Lipinski definition) is 1. The zero-order valence-electron chi connectivity index (χ0n) is 6.59. The van der Waals surface area contributed by atoms with Crippen molar-refractivity contribution in [2.24, 2.45) is 0 Å². The van der Waals surface area contributed by atoms with Gasteiger partial charge in [-0.1, -0.05) is 23.7 Å². The van der Waals surface area contributed by atoms with Crippen LogP contribution >= 0.6 is 23.4 Å². The third-order valence-corrected chi connectivity index (χ3v) is 3.35. The van der Waals surface area contributed by atoms with E-state index in [0.29, 0.717) is 5.37 Å². The van der Waals surface area contributed by atoms with Crippen LogP contribution in [0.25, 0.3) is 0 Å². The highest BCUT2D eigenvalue weighted by Crippen LogP contribution is 2.30. The van der Waals surface area contributed by atoms with Crippen LogP contribution in [0.1, 0.15) is 10.9 Å². The SMILES string of the molecule is Clc1ccc([C@H]2NCCS2)cc1. The molecule has 0 bridgehead atoms. The Bertz CT molecular complexity index is 254. The summed E-state index contributed by atoms with van der Waals surface area (Å²) in [6.07, 6.45) is 0. The molecule has 2 rings (SSSR count). The van der Waals surface area contributed by atoms with E-state index in [1.54, 1.807) is 0 Å². The van der Waals surface area contributed by atoms with E-state index in [-0.39, 0.29) is 0 Å². The Morgan fingerprint density at radius 1 is 1.33 bits per heavy atom. The van der Waals surface area contributed by atoms with E-state index in [2.05, 4.69) is 17.4 Å². The van der Waals surface area contributed by atoms with Gasteiger partial charge in [0.1, 0.15) is 0 Å². The average molecular weight is 200 g/mol. The van der Waals surface area contributed by atoms with Crippen molar-refractivity contribution >= 4 is 23.4 Å². The van der Waals surface area contributed by atoms with Crippen molar-refractivity contribution in [1.29, 1.82) is 0 Å². The summed E-state index contributed by atoms with van der Waals surface area (Å²) in [5.41, 5.74) is 1.32. The first kappa shape index (κ1) is 8.42. The van der Waals surface area contributed by atoms with E-state index in [9.17, 15) is 0 Å². The predicted molar refractivity (Wildman–Crippen MR) is 54.7 cm³/mol. The number of thioether (sulfide) groups is 1. The largest absolute Gasteiger partial charge is 0.301 e. The fourth-order valence-corrected chi connectivity index (χ4v) is 2.46. The number of hydrogen-bond acceptors (Lipinski definition) is 2. The molecule has 64 valence electrons. The fourth-order valence-electron chi connectivity index (χ4n) is 1.28. The molecule has 0 unspecified atom stereocenters. The first-order valence-electron chi connectivity index (χ1n) is 3.97. The highest BCUT2D eigenvalue weighted by Gasteiger charge is 2.15. The summed E-state index contributed by atoms with van der Waals surface area (Å²) in [6.45, 7) is 1.11. The molecule has 0 spiro atoms. The molecule has 0 saturated carbocycles. The first-order chi connectivity index (χ1) is 5.86. The van der Waals surface area contributed by atoms with Crippen LogP contribution in [-0.2, 0) is 0 Å². The standard InChI is InChI=1S/C9H10ClNS/c10-8-3-1-7(2-4-8)9-11-5-6-12-9/h1-4,9,11H,5-6H2/t9-/m0/s1. The van der Waals surface area contributed by atoms with Crippen molar-refractivity contribution in [3.8, 4) is 0 Å². The minimum atomic E-state index is 0.474. The molecule has 12 heavy (non-hydrogen) atoms. The minimum absolute atomic E-state index is 0.474. The van der Waals surface area contributed by atoms with Crippen molar-refractivity contribution in [3.05, 3.63) is 34.9 Å². The average Bonchev–Trinajstić information content (AvgIpc) is 2.58. The van der Waals surface area contributed by atoms with Gasteiger partial charge in [-0.2, -0.15) is 0 Å². The molecule has 1 fully saturated rings. The Hall–Kier alpha value is -0.180. The summed E-state index contributed by atoms with van der Waals surface area (Å²) in [6, 6.07) is 8.05. The molecule has 0 amide bonds. The van der Waals surface area contributed by atoms with Crippen LogP contribution in [0.15, 0.2) is 24.3 Å². The van der Waals surface area contributed by atoms with Gasteiger partial charge in [0.25, 0.3) is 0 Å². The van der Waals surface area contributed by atoms with Crippen molar-refractivity contribution in [2.45, 2.75) is 5.37 Å². The Morgan fingerprint density at radius 3 is 2.67 bits per heavy atom. The molecule has 1 atom stereocenters. The van der Waals surface area contributed by atoms with Gasteiger partial charge in [-0.25, -0.2) is 0 Å².